The second-order valence-corrected chi connectivity index (χ2v) is 4.59. The fourth-order valence-corrected chi connectivity index (χ4v) is 1.77. The van der Waals surface area contributed by atoms with Crippen LogP contribution in [0.1, 0.15) is 30.1 Å². The summed E-state index contributed by atoms with van der Waals surface area (Å²) in [6.07, 6.45) is -0.417. The predicted octanol–water partition coefficient (Wildman–Crippen LogP) is 0.0935. The van der Waals surface area contributed by atoms with Crippen molar-refractivity contribution in [3.8, 4) is 0 Å². The smallest absolute Gasteiger partial charge is 0.303 e. The summed E-state index contributed by atoms with van der Waals surface area (Å²) in [5.41, 5.74) is 5.59. The maximum atomic E-state index is 12.2. The van der Waals surface area contributed by atoms with E-state index in [1.807, 2.05) is 0 Å². The van der Waals surface area contributed by atoms with Gasteiger partial charge in [-0.2, -0.15) is 0 Å². The molecule has 5 N–H and O–H groups in total. The molecule has 0 aliphatic heterocycles. The first kappa shape index (κ1) is 17.2. The molecule has 0 saturated carbocycles. The van der Waals surface area contributed by atoms with Crippen LogP contribution in [0.5, 0.6) is 0 Å². The van der Waals surface area contributed by atoms with Gasteiger partial charge in [0, 0.05) is 13.3 Å². The average molecular weight is 307 g/mol. The van der Waals surface area contributed by atoms with Gasteiger partial charge in [0.1, 0.15) is 6.04 Å². The maximum Gasteiger partial charge on any atom is 0.303 e. The fourth-order valence-electron chi connectivity index (χ4n) is 1.77. The van der Waals surface area contributed by atoms with Gasteiger partial charge in [0.05, 0.1) is 11.3 Å². The molecule has 0 spiro atoms. The topological polar surface area (TPSA) is 139 Å². The van der Waals surface area contributed by atoms with E-state index in [1.54, 1.807) is 12.1 Å². The summed E-state index contributed by atoms with van der Waals surface area (Å²) in [5.74, 6) is -2.90. The molecule has 0 aliphatic carbocycles. The van der Waals surface area contributed by atoms with Crippen molar-refractivity contribution in [3.63, 3.8) is 0 Å². The fraction of sp³-hybridized carbons (Fsp3) is 0.286. The molecule has 1 aromatic rings. The number of amides is 3. The van der Waals surface area contributed by atoms with Crippen LogP contribution in [0.2, 0.25) is 0 Å². The van der Waals surface area contributed by atoms with Crippen molar-refractivity contribution in [3.05, 3.63) is 29.8 Å². The molecular formula is C14H17N3O5. The lowest BCUT2D eigenvalue weighted by Crippen LogP contribution is -2.44. The average Bonchev–Trinajstić information content (AvgIpc) is 2.42. The number of carboxylic acids is 1. The Morgan fingerprint density at radius 2 is 1.86 bits per heavy atom. The van der Waals surface area contributed by atoms with Crippen LogP contribution < -0.4 is 16.4 Å². The molecule has 0 saturated heterocycles. The number of hydrogen-bond acceptors (Lipinski definition) is 4. The summed E-state index contributed by atoms with van der Waals surface area (Å²) < 4.78 is 0. The molecule has 22 heavy (non-hydrogen) atoms. The van der Waals surface area contributed by atoms with E-state index in [9.17, 15) is 19.2 Å². The number of rotatable bonds is 7. The Labute approximate surface area is 126 Å². The lowest BCUT2D eigenvalue weighted by Gasteiger charge is -2.16. The van der Waals surface area contributed by atoms with E-state index < -0.39 is 23.8 Å². The summed E-state index contributed by atoms with van der Waals surface area (Å²) in [4.78, 5) is 45.1. The minimum Gasteiger partial charge on any atom is -0.481 e. The highest BCUT2D eigenvalue weighted by Gasteiger charge is 2.21. The molecule has 0 aromatic heterocycles. The van der Waals surface area contributed by atoms with Gasteiger partial charge in [0.15, 0.2) is 0 Å². The Morgan fingerprint density at radius 3 is 2.41 bits per heavy atom. The lowest BCUT2D eigenvalue weighted by molar-refractivity contribution is -0.137. The largest absolute Gasteiger partial charge is 0.481 e. The summed E-state index contributed by atoms with van der Waals surface area (Å²) in [6.45, 7) is 1.30. The zero-order valence-corrected chi connectivity index (χ0v) is 12.0. The zero-order chi connectivity index (χ0) is 16.7. The number of primary amides is 1. The number of benzene rings is 1. The Kier molecular flexibility index (Phi) is 6.06. The van der Waals surface area contributed by atoms with Gasteiger partial charge in [-0.05, 0) is 18.6 Å². The molecule has 118 valence electrons. The highest BCUT2D eigenvalue weighted by Crippen LogP contribution is 2.15. The molecule has 8 nitrogen and oxygen atoms in total. The normalized spacial score (nSPS) is 11.3. The molecule has 0 heterocycles. The third-order valence-electron chi connectivity index (χ3n) is 2.78. The third kappa shape index (κ3) is 5.23. The highest BCUT2D eigenvalue weighted by atomic mass is 16.4. The number of nitrogens with one attached hydrogen (secondary N) is 2. The van der Waals surface area contributed by atoms with E-state index in [4.69, 9.17) is 10.8 Å². The molecule has 0 unspecified atom stereocenters. The van der Waals surface area contributed by atoms with Crippen LogP contribution in [0, 0.1) is 0 Å². The SMILES string of the molecule is CC(=O)Nc1ccccc1C(=O)N[C@H](CCC(=O)O)C(N)=O. The van der Waals surface area contributed by atoms with Crippen molar-refractivity contribution < 1.29 is 24.3 Å². The number of carbonyl (C=O) groups excluding carboxylic acids is 3. The first-order valence-electron chi connectivity index (χ1n) is 6.50. The summed E-state index contributed by atoms with van der Waals surface area (Å²) in [5, 5.41) is 13.5. The predicted molar refractivity (Wildman–Crippen MR) is 78.1 cm³/mol. The molecular weight excluding hydrogens is 290 g/mol. The van der Waals surface area contributed by atoms with Crippen molar-refractivity contribution in [1.82, 2.24) is 5.32 Å². The van der Waals surface area contributed by atoms with Gasteiger partial charge in [-0.1, -0.05) is 12.1 Å². The molecule has 1 rings (SSSR count). The first-order valence-corrected chi connectivity index (χ1v) is 6.50. The number of aliphatic carboxylic acids is 1. The van der Waals surface area contributed by atoms with E-state index in [0.29, 0.717) is 0 Å². The number of carbonyl (C=O) groups is 4. The second kappa shape index (κ2) is 7.77. The zero-order valence-electron chi connectivity index (χ0n) is 12.0. The van der Waals surface area contributed by atoms with Crippen molar-refractivity contribution in [2.24, 2.45) is 5.73 Å². The standard InChI is InChI=1S/C14H17N3O5/c1-8(18)16-10-5-3-2-4-9(10)14(22)17-11(13(15)21)6-7-12(19)20/h2-5,11H,6-7H2,1H3,(H2,15,21)(H,16,18)(H,17,22)(H,19,20)/t11-/m1/s1. The summed E-state index contributed by atoms with van der Waals surface area (Å²) >= 11 is 0. The van der Waals surface area contributed by atoms with Gasteiger partial charge in [0.25, 0.3) is 5.91 Å². The van der Waals surface area contributed by atoms with Crippen LogP contribution in [-0.2, 0) is 14.4 Å². The Hall–Kier alpha value is -2.90. The maximum absolute atomic E-state index is 12.2. The number of hydrogen-bond donors (Lipinski definition) is 4. The van der Waals surface area contributed by atoms with E-state index in [-0.39, 0.29) is 30.0 Å². The minimum absolute atomic E-state index is 0.112. The lowest BCUT2D eigenvalue weighted by atomic mass is 10.1. The van der Waals surface area contributed by atoms with Crippen LogP contribution in [0.25, 0.3) is 0 Å². The molecule has 0 bridgehead atoms. The van der Waals surface area contributed by atoms with Crippen molar-refractivity contribution in [2.45, 2.75) is 25.8 Å². The number of para-hydroxylation sites is 1. The summed E-state index contributed by atoms with van der Waals surface area (Å²) in [6, 6.07) is 5.13. The van der Waals surface area contributed by atoms with Gasteiger partial charge in [0.2, 0.25) is 11.8 Å². The third-order valence-corrected chi connectivity index (χ3v) is 2.78. The van der Waals surface area contributed by atoms with Crippen LogP contribution in [0.4, 0.5) is 5.69 Å². The number of nitrogens with two attached hydrogens (primary N) is 1. The van der Waals surface area contributed by atoms with Crippen molar-refractivity contribution >= 4 is 29.4 Å². The van der Waals surface area contributed by atoms with Gasteiger partial charge < -0.3 is 21.5 Å². The first-order chi connectivity index (χ1) is 10.3. The summed E-state index contributed by atoms with van der Waals surface area (Å²) in [7, 11) is 0. The molecule has 3 amide bonds. The Morgan fingerprint density at radius 1 is 1.23 bits per heavy atom. The molecule has 1 atom stereocenters. The quantitative estimate of drug-likeness (QED) is 0.565. The van der Waals surface area contributed by atoms with Gasteiger partial charge in [-0.15, -0.1) is 0 Å². The Balaban J connectivity index is 2.88. The van der Waals surface area contributed by atoms with E-state index in [2.05, 4.69) is 10.6 Å². The van der Waals surface area contributed by atoms with Crippen LogP contribution in [-0.4, -0.2) is 34.8 Å². The monoisotopic (exact) mass is 307 g/mol. The minimum atomic E-state index is -1.10. The van der Waals surface area contributed by atoms with Gasteiger partial charge >= 0.3 is 5.97 Å². The van der Waals surface area contributed by atoms with E-state index in [1.165, 1.54) is 19.1 Å². The van der Waals surface area contributed by atoms with Crippen LogP contribution in [0.15, 0.2) is 24.3 Å². The number of anilines is 1. The molecule has 8 heteroatoms. The second-order valence-electron chi connectivity index (χ2n) is 4.59. The Bertz CT molecular complexity index is 600. The van der Waals surface area contributed by atoms with Crippen molar-refractivity contribution in [2.75, 3.05) is 5.32 Å². The molecule has 0 aliphatic rings. The van der Waals surface area contributed by atoms with Crippen LogP contribution in [0.3, 0.4) is 0 Å². The van der Waals surface area contributed by atoms with E-state index >= 15 is 0 Å². The van der Waals surface area contributed by atoms with Crippen LogP contribution >= 0.6 is 0 Å². The molecule has 0 radical (unpaired) electrons. The van der Waals surface area contributed by atoms with Gasteiger partial charge in [-0.3, -0.25) is 19.2 Å². The van der Waals surface area contributed by atoms with E-state index in [0.717, 1.165) is 0 Å². The molecule has 1 aromatic carbocycles. The van der Waals surface area contributed by atoms with Gasteiger partial charge in [-0.25, -0.2) is 0 Å². The number of carboxylic acid groups (broad SMARTS) is 1. The highest BCUT2D eigenvalue weighted by molar-refractivity contribution is 6.04. The van der Waals surface area contributed by atoms with Crippen molar-refractivity contribution in [1.29, 1.82) is 0 Å². The molecule has 0 fully saturated rings.